The third kappa shape index (κ3) is 6.57. The van der Waals surface area contributed by atoms with Crippen LogP contribution < -0.4 is 0 Å². The van der Waals surface area contributed by atoms with Crippen LogP contribution in [0.3, 0.4) is 0 Å². The van der Waals surface area contributed by atoms with Gasteiger partial charge in [0.2, 0.25) is 0 Å². The van der Waals surface area contributed by atoms with Crippen molar-refractivity contribution in [3.63, 3.8) is 0 Å². The number of rotatable bonds is 4. The molecule has 0 radical (unpaired) electrons. The van der Waals surface area contributed by atoms with Crippen LogP contribution in [0.1, 0.15) is 0 Å². The van der Waals surface area contributed by atoms with E-state index in [2.05, 4.69) is 70.6 Å². The van der Waals surface area contributed by atoms with Crippen LogP contribution in [0.4, 0.5) is 0 Å². The van der Waals surface area contributed by atoms with Crippen LogP contribution in [0.5, 0.6) is 11.5 Å². The van der Waals surface area contributed by atoms with Gasteiger partial charge in [-0.3, -0.25) is 0 Å². The van der Waals surface area contributed by atoms with Gasteiger partial charge in [0.25, 0.3) is 0 Å². The van der Waals surface area contributed by atoms with Gasteiger partial charge < -0.3 is 10.2 Å². The second-order valence-electron chi connectivity index (χ2n) is 10.2. The van der Waals surface area contributed by atoms with Crippen LogP contribution in [0.2, 0.25) is 0 Å². The van der Waals surface area contributed by atoms with Crippen LogP contribution in [0, 0.1) is 0 Å². The molecule has 0 aliphatic carbocycles. The summed E-state index contributed by atoms with van der Waals surface area (Å²) in [5.74, 6) is 0.537. The van der Waals surface area contributed by atoms with E-state index in [1.165, 1.54) is 11.1 Å². The van der Waals surface area contributed by atoms with E-state index < -0.39 is 0 Å². The molecule has 6 aromatic carbocycles. The van der Waals surface area contributed by atoms with Crippen LogP contribution in [0.25, 0.3) is 63.8 Å². The van der Waals surface area contributed by atoms with E-state index >= 15 is 0 Å². The molecule has 4 nitrogen and oxygen atoms in total. The number of aromatic hydroxyl groups is 2. The summed E-state index contributed by atoms with van der Waals surface area (Å²) in [5, 5.41) is 21.7. The molecular weight excluding hydrogens is 646 g/mol. The first-order valence-corrected chi connectivity index (χ1v) is 15.7. The maximum absolute atomic E-state index is 9.99. The van der Waals surface area contributed by atoms with E-state index in [0.29, 0.717) is 0 Å². The van der Waals surface area contributed by atoms with Gasteiger partial charge in [0.1, 0.15) is 21.5 Å². The summed E-state index contributed by atoms with van der Waals surface area (Å²) >= 11 is 3.19. The summed E-state index contributed by atoms with van der Waals surface area (Å²) in [6.07, 6.45) is 0. The second kappa shape index (κ2) is 13.5. The molecule has 0 bridgehead atoms. The summed E-state index contributed by atoms with van der Waals surface area (Å²) in [6, 6.07) is 47.8. The van der Waals surface area contributed by atoms with Gasteiger partial charge >= 0.3 is 0 Å². The molecule has 0 atom stereocenters. The number of phenols is 2. The number of benzene rings is 6. The third-order valence-corrected chi connectivity index (χ3v) is 9.40. The summed E-state index contributed by atoms with van der Waals surface area (Å²) in [6.45, 7) is 0. The van der Waals surface area contributed by atoms with Crippen molar-refractivity contribution in [2.75, 3.05) is 0 Å². The Hall–Kier alpha value is -4.68. The Morgan fingerprint density at radius 3 is 1.18 bits per heavy atom. The molecule has 8 aromatic rings. The van der Waals surface area contributed by atoms with E-state index in [4.69, 9.17) is 0 Å². The molecule has 2 N–H and O–H groups in total. The van der Waals surface area contributed by atoms with E-state index in [-0.39, 0.29) is 31.0 Å². The second-order valence-corrected chi connectivity index (χ2v) is 12.2. The van der Waals surface area contributed by atoms with E-state index in [9.17, 15) is 10.2 Å². The van der Waals surface area contributed by atoms with Gasteiger partial charge in [-0.05, 0) is 70.8 Å². The standard InChI is InChI=1S/2C19H13NOS.Zn/c2*21-17-9-5-4-8-15(17)19-20-16-12-14(10-11-18(16)22-19)13-6-2-1-3-7-13;/h2*1-12,21H;. The Kier molecular flexibility index (Phi) is 9.13. The van der Waals surface area contributed by atoms with Crippen molar-refractivity contribution in [3.8, 4) is 54.9 Å². The predicted molar refractivity (Wildman–Crippen MR) is 184 cm³/mol. The predicted octanol–water partition coefficient (Wildman–Crippen LogP) is 10.7. The monoisotopic (exact) mass is 670 g/mol. The molecule has 45 heavy (non-hydrogen) atoms. The molecule has 0 saturated heterocycles. The zero-order chi connectivity index (χ0) is 29.9. The molecule has 0 fully saturated rings. The van der Waals surface area contributed by atoms with Gasteiger partial charge in [-0.2, -0.15) is 0 Å². The Morgan fingerprint density at radius 2 is 0.778 bits per heavy atom. The Balaban J connectivity index is 0.000000155. The van der Waals surface area contributed by atoms with Gasteiger partial charge in [0.15, 0.2) is 0 Å². The number of phenolic OH excluding ortho intramolecular Hbond substituents is 2. The van der Waals surface area contributed by atoms with E-state index in [0.717, 1.165) is 52.7 Å². The number of hydrogen-bond acceptors (Lipinski definition) is 6. The fourth-order valence-corrected chi connectivity index (χ4v) is 6.97. The fraction of sp³-hybridized carbons (Fsp3) is 0. The SMILES string of the molecule is Oc1ccccc1-c1nc2cc(-c3ccccc3)ccc2s1.Oc1ccccc1-c1nc2cc(-c3ccccc3)ccc2s1.[Zn]. The quantitative estimate of drug-likeness (QED) is 0.183. The van der Waals surface area contributed by atoms with Gasteiger partial charge in [0, 0.05) is 19.5 Å². The first-order chi connectivity index (χ1) is 21.6. The van der Waals surface area contributed by atoms with Crippen molar-refractivity contribution in [1.82, 2.24) is 9.97 Å². The molecule has 8 rings (SSSR count). The molecular formula is C38H26N2O2S2Zn. The summed E-state index contributed by atoms with van der Waals surface area (Å²) in [4.78, 5) is 9.38. The maximum Gasteiger partial charge on any atom is 0.128 e. The van der Waals surface area contributed by atoms with Crippen molar-refractivity contribution < 1.29 is 29.7 Å². The zero-order valence-electron chi connectivity index (χ0n) is 24.2. The zero-order valence-corrected chi connectivity index (χ0v) is 28.8. The summed E-state index contributed by atoms with van der Waals surface area (Å²) in [7, 11) is 0. The minimum atomic E-state index is 0. The molecule has 7 heteroatoms. The van der Waals surface area contributed by atoms with Crippen molar-refractivity contribution >= 4 is 43.1 Å². The normalized spacial score (nSPS) is 10.7. The van der Waals surface area contributed by atoms with Crippen LogP contribution in [-0.2, 0) is 19.5 Å². The molecule has 2 aromatic heterocycles. The van der Waals surface area contributed by atoms with Gasteiger partial charge in [0.05, 0.1) is 31.6 Å². The van der Waals surface area contributed by atoms with Crippen molar-refractivity contribution in [2.45, 2.75) is 0 Å². The molecule has 0 saturated carbocycles. The number of para-hydroxylation sites is 2. The molecule has 0 spiro atoms. The maximum atomic E-state index is 9.99. The van der Waals surface area contributed by atoms with Crippen molar-refractivity contribution in [2.24, 2.45) is 0 Å². The Labute approximate surface area is 281 Å². The third-order valence-electron chi connectivity index (χ3n) is 7.26. The van der Waals surface area contributed by atoms with Crippen LogP contribution >= 0.6 is 22.7 Å². The minimum absolute atomic E-state index is 0. The number of aromatic nitrogens is 2. The minimum Gasteiger partial charge on any atom is -0.507 e. The molecule has 0 amide bonds. The molecule has 214 valence electrons. The first kappa shape index (κ1) is 30.4. The molecule has 0 aliphatic rings. The van der Waals surface area contributed by atoms with Crippen LogP contribution in [0.15, 0.2) is 146 Å². The van der Waals surface area contributed by atoms with Gasteiger partial charge in [-0.1, -0.05) is 97.1 Å². The van der Waals surface area contributed by atoms with Crippen LogP contribution in [-0.4, -0.2) is 20.2 Å². The number of hydrogen-bond donors (Lipinski definition) is 2. The van der Waals surface area contributed by atoms with Gasteiger partial charge in [-0.25, -0.2) is 9.97 Å². The number of fused-ring (bicyclic) bond motifs is 2. The summed E-state index contributed by atoms with van der Waals surface area (Å²) < 4.78 is 2.25. The average molecular weight is 672 g/mol. The molecule has 2 heterocycles. The molecule has 0 aliphatic heterocycles. The largest absolute Gasteiger partial charge is 0.507 e. The smallest absolute Gasteiger partial charge is 0.128 e. The number of nitrogens with zero attached hydrogens (tertiary/aromatic N) is 2. The van der Waals surface area contributed by atoms with Gasteiger partial charge in [-0.15, -0.1) is 22.7 Å². The fourth-order valence-electron chi connectivity index (χ4n) is 5.01. The Morgan fingerprint density at radius 1 is 0.400 bits per heavy atom. The molecule has 0 unspecified atom stereocenters. The average Bonchev–Trinajstić information content (AvgIpc) is 3.70. The van der Waals surface area contributed by atoms with E-state index in [1.54, 1.807) is 34.8 Å². The Bertz CT molecular complexity index is 2050. The van der Waals surface area contributed by atoms with Crippen molar-refractivity contribution in [3.05, 3.63) is 146 Å². The first-order valence-electron chi connectivity index (χ1n) is 14.1. The van der Waals surface area contributed by atoms with Crippen molar-refractivity contribution in [1.29, 1.82) is 0 Å². The topological polar surface area (TPSA) is 66.2 Å². The summed E-state index contributed by atoms with van der Waals surface area (Å²) in [5.41, 5.74) is 8.16. The van der Waals surface area contributed by atoms with E-state index in [1.807, 2.05) is 72.8 Å². The number of thiazole rings is 2.